The molecule has 8 nitrogen and oxygen atoms in total. The molecule has 0 aliphatic carbocycles. The number of carbonyl (C=O) groups is 3. The van der Waals surface area contributed by atoms with Crippen molar-refractivity contribution in [3.05, 3.63) is 94.8 Å². The molecule has 1 heterocycles. The van der Waals surface area contributed by atoms with Gasteiger partial charge in [0.05, 0.1) is 18.4 Å². The molecule has 0 spiro atoms. The van der Waals surface area contributed by atoms with E-state index in [1.807, 2.05) is 0 Å². The van der Waals surface area contributed by atoms with Gasteiger partial charge in [0.1, 0.15) is 18.0 Å². The summed E-state index contributed by atoms with van der Waals surface area (Å²) in [5, 5.41) is 11.4. The molecule has 1 aliphatic rings. The first-order valence-electron chi connectivity index (χ1n) is 10.6. The van der Waals surface area contributed by atoms with Crippen LogP contribution in [0.3, 0.4) is 0 Å². The molecule has 0 unspecified atom stereocenters. The third-order valence-electron chi connectivity index (χ3n) is 5.28. The zero-order valence-electron chi connectivity index (χ0n) is 18.9. The smallest absolute Gasteiger partial charge is 0.335 e. The topological polar surface area (TPSA) is 105 Å². The Hall–Kier alpha value is -4.57. The number of nitrogens with one attached hydrogen (secondary N) is 1. The fourth-order valence-electron chi connectivity index (χ4n) is 3.45. The van der Waals surface area contributed by atoms with Crippen molar-refractivity contribution in [2.24, 2.45) is 0 Å². The van der Waals surface area contributed by atoms with Crippen LogP contribution in [0.2, 0.25) is 0 Å². The van der Waals surface area contributed by atoms with E-state index >= 15 is 0 Å². The normalized spacial score (nSPS) is 14.6. The Morgan fingerprint density at radius 1 is 1.06 bits per heavy atom. The first-order chi connectivity index (χ1) is 17.3. The lowest BCUT2D eigenvalue weighted by Crippen LogP contribution is -2.54. The van der Waals surface area contributed by atoms with Gasteiger partial charge in [-0.1, -0.05) is 18.2 Å². The Kier molecular flexibility index (Phi) is 7.07. The van der Waals surface area contributed by atoms with E-state index in [1.165, 1.54) is 49.6 Å². The Morgan fingerprint density at radius 3 is 2.39 bits per heavy atom. The number of rotatable bonds is 7. The number of hydrogen-bond donors (Lipinski definition) is 2. The maximum absolute atomic E-state index is 13.3. The highest BCUT2D eigenvalue weighted by Crippen LogP contribution is 2.30. The number of carboxylic acid groups (broad SMARTS) is 1. The van der Waals surface area contributed by atoms with Crippen molar-refractivity contribution in [1.82, 2.24) is 5.32 Å². The number of amides is 2. The van der Waals surface area contributed by atoms with Crippen LogP contribution in [0, 0.1) is 5.82 Å². The molecule has 0 saturated carbocycles. The van der Waals surface area contributed by atoms with Crippen LogP contribution in [0.25, 0.3) is 6.08 Å². The Balaban J connectivity index is 1.55. The van der Waals surface area contributed by atoms with Gasteiger partial charge in [-0.25, -0.2) is 9.18 Å². The summed E-state index contributed by atoms with van der Waals surface area (Å²) in [7, 11) is 1.45. The number of benzene rings is 3. The standard InChI is InChI=1S/C26H19FN2O6S/c1-34-22-13-16(4-11-21(22)35-14-15-2-5-17(6-3-15)25(32)33)12-20-23(30)28-26(36)29(24(20)31)19-9-7-18(27)8-10-19/h2-13H,14H2,1H3,(H,32,33)(H,28,30,36)/b20-12+. The van der Waals surface area contributed by atoms with Crippen LogP contribution >= 0.6 is 12.2 Å². The SMILES string of the molecule is COc1cc(/C=C2\C(=O)NC(=S)N(c3ccc(F)cc3)C2=O)ccc1OCc1ccc(C(=O)O)cc1. The average molecular weight is 507 g/mol. The summed E-state index contributed by atoms with van der Waals surface area (Å²) in [5.41, 5.74) is 1.58. The third kappa shape index (κ3) is 5.23. The molecule has 1 fully saturated rings. The van der Waals surface area contributed by atoms with Crippen molar-refractivity contribution in [1.29, 1.82) is 0 Å². The quantitative estimate of drug-likeness (QED) is 0.284. The number of hydrogen-bond acceptors (Lipinski definition) is 6. The van der Waals surface area contributed by atoms with Gasteiger partial charge in [0.15, 0.2) is 16.6 Å². The molecule has 3 aromatic carbocycles. The van der Waals surface area contributed by atoms with Crippen LogP contribution in [0.4, 0.5) is 10.1 Å². The molecule has 2 N–H and O–H groups in total. The molecule has 2 amide bonds. The fraction of sp³-hybridized carbons (Fsp3) is 0.0769. The second kappa shape index (κ2) is 10.4. The van der Waals surface area contributed by atoms with Crippen LogP contribution in [0.1, 0.15) is 21.5 Å². The van der Waals surface area contributed by atoms with E-state index in [1.54, 1.807) is 30.3 Å². The largest absolute Gasteiger partial charge is 0.493 e. The van der Waals surface area contributed by atoms with Crippen molar-refractivity contribution in [3.8, 4) is 11.5 Å². The molecule has 1 aliphatic heterocycles. The highest BCUT2D eigenvalue weighted by Gasteiger charge is 2.34. The predicted molar refractivity (Wildman–Crippen MR) is 133 cm³/mol. The molecule has 36 heavy (non-hydrogen) atoms. The number of aromatic carboxylic acids is 1. The monoisotopic (exact) mass is 506 g/mol. The summed E-state index contributed by atoms with van der Waals surface area (Å²) in [4.78, 5) is 37.7. The minimum absolute atomic E-state index is 0.105. The third-order valence-corrected chi connectivity index (χ3v) is 5.57. The lowest BCUT2D eigenvalue weighted by Gasteiger charge is -2.28. The number of halogens is 1. The summed E-state index contributed by atoms with van der Waals surface area (Å²) >= 11 is 5.15. The van der Waals surface area contributed by atoms with Gasteiger partial charge in [0, 0.05) is 0 Å². The van der Waals surface area contributed by atoms with E-state index in [2.05, 4.69) is 5.32 Å². The van der Waals surface area contributed by atoms with Crippen molar-refractivity contribution in [2.45, 2.75) is 6.61 Å². The molecule has 0 atom stereocenters. The van der Waals surface area contributed by atoms with Gasteiger partial charge in [-0.05, 0) is 78.0 Å². The molecule has 0 bridgehead atoms. The van der Waals surface area contributed by atoms with E-state index in [0.29, 0.717) is 22.7 Å². The average Bonchev–Trinajstić information content (AvgIpc) is 2.86. The minimum Gasteiger partial charge on any atom is -0.493 e. The second-order valence-electron chi connectivity index (χ2n) is 7.64. The fourth-order valence-corrected chi connectivity index (χ4v) is 3.73. The first-order valence-corrected chi connectivity index (χ1v) is 11.0. The van der Waals surface area contributed by atoms with Gasteiger partial charge in [-0.2, -0.15) is 0 Å². The van der Waals surface area contributed by atoms with Crippen molar-refractivity contribution in [2.75, 3.05) is 12.0 Å². The van der Waals surface area contributed by atoms with Gasteiger partial charge in [-0.3, -0.25) is 19.8 Å². The van der Waals surface area contributed by atoms with Gasteiger partial charge in [-0.15, -0.1) is 0 Å². The van der Waals surface area contributed by atoms with Gasteiger partial charge < -0.3 is 14.6 Å². The minimum atomic E-state index is -1.01. The van der Waals surface area contributed by atoms with E-state index < -0.39 is 23.6 Å². The molecule has 0 aromatic heterocycles. The molecule has 182 valence electrons. The van der Waals surface area contributed by atoms with Crippen LogP contribution < -0.4 is 19.7 Å². The summed E-state index contributed by atoms with van der Waals surface area (Å²) in [6.45, 7) is 0.168. The number of methoxy groups -OCH3 is 1. The number of ether oxygens (including phenoxy) is 2. The zero-order chi connectivity index (χ0) is 25.8. The Bertz CT molecular complexity index is 1390. The molecule has 3 aromatic rings. The van der Waals surface area contributed by atoms with Crippen molar-refractivity contribution >= 4 is 46.9 Å². The summed E-state index contributed by atoms with van der Waals surface area (Å²) in [5.74, 6) is -2.02. The molecular formula is C26H19FN2O6S. The van der Waals surface area contributed by atoms with E-state index in [-0.39, 0.29) is 22.9 Å². The second-order valence-corrected chi connectivity index (χ2v) is 8.02. The molecule has 4 rings (SSSR count). The van der Waals surface area contributed by atoms with Gasteiger partial charge >= 0.3 is 5.97 Å². The van der Waals surface area contributed by atoms with E-state index in [9.17, 15) is 18.8 Å². The van der Waals surface area contributed by atoms with Crippen molar-refractivity contribution in [3.63, 3.8) is 0 Å². The summed E-state index contributed by atoms with van der Waals surface area (Å²) < 4.78 is 24.5. The zero-order valence-corrected chi connectivity index (χ0v) is 19.7. The number of carboxylic acids is 1. The lowest BCUT2D eigenvalue weighted by molar-refractivity contribution is -0.122. The molecule has 0 radical (unpaired) electrons. The van der Waals surface area contributed by atoms with E-state index in [4.69, 9.17) is 26.8 Å². The molecule has 1 saturated heterocycles. The Morgan fingerprint density at radius 2 is 1.75 bits per heavy atom. The van der Waals surface area contributed by atoms with Crippen LogP contribution in [-0.4, -0.2) is 35.1 Å². The number of nitrogens with zero attached hydrogens (tertiary/aromatic N) is 1. The number of anilines is 1. The van der Waals surface area contributed by atoms with Crippen LogP contribution in [-0.2, 0) is 16.2 Å². The van der Waals surface area contributed by atoms with E-state index in [0.717, 1.165) is 10.5 Å². The van der Waals surface area contributed by atoms with Crippen LogP contribution in [0.15, 0.2) is 72.3 Å². The number of thiocarbonyl (C=S) groups is 1. The maximum Gasteiger partial charge on any atom is 0.335 e. The molecular weight excluding hydrogens is 487 g/mol. The predicted octanol–water partition coefficient (Wildman–Crippen LogP) is 3.94. The first kappa shape index (κ1) is 24.6. The summed E-state index contributed by atoms with van der Waals surface area (Å²) in [6.07, 6.45) is 1.40. The number of carbonyl (C=O) groups excluding carboxylic acids is 2. The summed E-state index contributed by atoms with van der Waals surface area (Å²) in [6, 6.07) is 16.3. The maximum atomic E-state index is 13.3. The van der Waals surface area contributed by atoms with Gasteiger partial charge in [0.2, 0.25) is 0 Å². The lowest BCUT2D eigenvalue weighted by atomic mass is 10.1. The highest BCUT2D eigenvalue weighted by atomic mass is 32.1. The molecule has 10 heteroatoms. The Labute approximate surface area is 210 Å². The van der Waals surface area contributed by atoms with Crippen LogP contribution in [0.5, 0.6) is 11.5 Å². The van der Waals surface area contributed by atoms with Crippen molar-refractivity contribution < 1.29 is 33.4 Å². The van der Waals surface area contributed by atoms with Gasteiger partial charge in [0.25, 0.3) is 11.8 Å². The highest BCUT2D eigenvalue weighted by molar-refractivity contribution is 7.80.